The largest absolute Gasteiger partial charge is 0.383 e. The fourth-order valence-electron chi connectivity index (χ4n) is 2.44. The van der Waals surface area contributed by atoms with E-state index in [0.717, 1.165) is 12.8 Å². The van der Waals surface area contributed by atoms with E-state index in [1.807, 2.05) is 0 Å². The second-order valence-corrected chi connectivity index (χ2v) is 4.88. The first-order valence-electron chi connectivity index (χ1n) is 6.18. The van der Waals surface area contributed by atoms with E-state index in [4.69, 9.17) is 5.73 Å². The molecule has 92 valence electrons. The zero-order valence-electron chi connectivity index (χ0n) is 10.1. The molecule has 2 atom stereocenters. The average molecular weight is 233 g/mol. The summed E-state index contributed by atoms with van der Waals surface area (Å²) in [6, 6.07) is 3.73. The Hall–Kier alpha value is -1.58. The minimum Gasteiger partial charge on any atom is -0.383 e. The van der Waals surface area contributed by atoms with Crippen LogP contribution >= 0.6 is 0 Å². The first kappa shape index (κ1) is 11.9. The molecule has 2 rings (SSSR count). The Morgan fingerprint density at radius 1 is 1.53 bits per heavy atom. The summed E-state index contributed by atoms with van der Waals surface area (Å²) in [7, 11) is 0. The molecular formula is C13H19N3O. The molecule has 0 bridgehead atoms. The molecule has 4 nitrogen and oxygen atoms in total. The first-order valence-corrected chi connectivity index (χ1v) is 6.18. The van der Waals surface area contributed by atoms with Crippen LogP contribution in [0.5, 0.6) is 0 Å². The highest BCUT2D eigenvalue weighted by atomic mass is 16.1. The number of hydrogen-bond acceptors (Lipinski definition) is 3. The van der Waals surface area contributed by atoms with Gasteiger partial charge in [0.05, 0.1) is 5.56 Å². The maximum Gasteiger partial charge on any atom is 0.255 e. The van der Waals surface area contributed by atoms with E-state index in [1.54, 1.807) is 18.3 Å². The molecule has 1 aromatic rings. The monoisotopic (exact) mass is 233 g/mol. The number of amides is 1. The van der Waals surface area contributed by atoms with Crippen LogP contribution in [0.2, 0.25) is 0 Å². The Morgan fingerprint density at radius 3 is 3.06 bits per heavy atom. The quantitative estimate of drug-likeness (QED) is 0.820. The van der Waals surface area contributed by atoms with E-state index < -0.39 is 0 Å². The van der Waals surface area contributed by atoms with Crippen molar-refractivity contribution in [3.05, 3.63) is 23.9 Å². The third-order valence-electron chi connectivity index (χ3n) is 3.35. The number of nitrogens with one attached hydrogen (secondary N) is 1. The maximum atomic E-state index is 12.0. The normalized spacial score (nSPS) is 24.3. The molecule has 1 heterocycles. The van der Waals surface area contributed by atoms with Crippen LogP contribution in [0.25, 0.3) is 0 Å². The van der Waals surface area contributed by atoms with Gasteiger partial charge < -0.3 is 11.1 Å². The highest BCUT2D eigenvalue weighted by molar-refractivity contribution is 5.98. The molecule has 17 heavy (non-hydrogen) atoms. The van der Waals surface area contributed by atoms with Gasteiger partial charge in [-0.2, -0.15) is 0 Å². The van der Waals surface area contributed by atoms with Crippen molar-refractivity contribution in [3.8, 4) is 0 Å². The van der Waals surface area contributed by atoms with E-state index in [0.29, 0.717) is 17.3 Å². The minimum absolute atomic E-state index is 0.102. The van der Waals surface area contributed by atoms with Crippen molar-refractivity contribution < 1.29 is 4.79 Å². The summed E-state index contributed by atoms with van der Waals surface area (Å²) in [5.41, 5.74) is 6.16. The summed E-state index contributed by atoms with van der Waals surface area (Å²) >= 11 is 0. The predicted octanol–water partition coefficient (Wildman–Crippen LogP) is 1.97. The molecule has 1 aromatic heterocycles. The Morgan fingerprint density at radius 2 is 2.35 bits per heavy atom. The third kappa shape index (κ3) is 2.96. The van der Waals surface area contributed by atoms with Crippen molar-refractivity contribution in [2.75, 3.05) is 5.73 Å². The van der Waals surface area contributed by atoms with Crippen LogP contribution in [0.3, 0.4) is 0 Å². The number of carbonyl (C=O) groups excluding carboxylic acids is 1. The predicted molar refractivity (Wildman–Crippen MR) is 67.5 cm³/mol. The van der Waals surface area contributed by atoms with Crippen molar-refractivity contribution in [1.82, 2.24) is 10.3 Å². The molecule has 2 unspecified atom stereocenters. The second-order valence-electron chi connectivity index (χ2n) is 4.88. The molecule has 0 spiro atoms. The third-order valence-corrected chi connectivity index (χ3v) is 3.35. The molecule has 1 amide bonds. The zero-order chi connectivity index (χ0) is 12.3. The van der Waals surface area contributed by atoms with Gasteiger partial charge in [0.2, 0.25) is 0 Å². The molecule has 1 fully saturated rings. The summed E-state index contributed by atoms with van der Waals surface area (Å²) in [5, 5.41) is 3.05. The summed E-state index contributed by atoms with van der Waals surface area (Å²) < 4.78 is 0. The van der Waals surface area contributed by atoms with Crippen LogP contribution in [0.4, 0.5) is 5.82 Å². The molecule has 0 aliphatic heterocycles. The Labute approximate surface area is 102 Å². The van der Waals surface area contributed by atoms with Gasteiger partial charge in [0.15, 0.2) is 0 Å². The van der Waals surface area contributed by atoms with Crippen LogP contribution in [0.15, 0.2) is 18.3 Å². The van der Waals surface area contributed by atoms with Gasteiger partial charge in [0, 0.05) is 12.2 Å². The van der Waals surface area contributed by atoms with E-state index in [9.17, 15) is 4.79 Å². The van der Waals surface area contributed by atoms with Crippen molar-refractivity contribution in [3.63, 3.8) is 0 Å². The molecule has 0 saturated heterocycles. The lowest BCUT2D eigenvalue weighted by Gasteiger charge is -2.27. The molecule has 0 aromatic carbocycles. The lowest BCUT2D eigenvalue weighted by Crippen LogP contribution is -2.38. The number of nitrogens with two attached hydrogens (primary N) is 1. The SMILES string of the molecule is CC1CCCC(NC(=O)c2cccnc2N)C1. The molecule has 1 aliphatic carbocycles. The standard InChI is InChI=1S/C13H19N3O/c1-9-4-2-5-10(8-9)16-13(17)11-6-3-7-15-12(11)14/h3,6-7,9-10H,2,4-5,8H2,1H3,(H2,14,15)(H,16,17). The summed E-state index contributed by atoms with van der Waals surface area (Å²) in [6.07, 6.45) is 6.17. The van der Waals surface area contributed by atoms with E-state index in [1.165, 1.54) is 12.8 Å². The number of carbonyl (C=O) groups is 1. The van der Waals surface area contributed by atoms with Crippen LogP contribution < -0.4 is 11.1 Å². The molecule has 3 N–H and O–H groups in total. The first-order chi connectivity index (χ1) is 8.16. The number of nitrogen functional groups attached to an aromatic ring is 1. The minimum atomic E-state index is -0.102. The van der Waals surface area contributed by atoms with Crippen LogP contribution in [0.1, 0.15) is 43.0 Å². The number of rotatable bonds is 2. The Balaban J connectivity index is 1.99. The number of anilines is 1. The zero-order valence-corrected chi connectivity index (χ0v) is 10.1. The Bertz CT molecular complexity index is 405. The summed E-state index contributed by atoms with van der Waals surface area (Å²) in [4.78, 5) is 15.9. The van der Waals surface area contributed by atoms with Gasteiger partial charge in [-0.3, -0.25) is 4.79 Å². The average Bonchev–Trinajstić information content (AvgIpc) is 2.29. The number of pyridine rings is 1. The molecule has 4 heteroatoms. The molecule has 0 radical (unpaired) electrons. The summed E-state index contributed by atoms with van der Waals surface area (Å²) in [6.45, 7) is 2.23. The van der Waals surface area contributed by atoms with Gasteiger partial charge in [-0.1, -0.05) is 19.8 Å². The Kier molecular flexibility index (Phi) is 3.61. The highest BCUT2D eigenvalue weighted by Gasteiger charge is 2.21. The second kappa shape index (κ2) is 5.17. The van der Waals surface area contributed by atoms with Crippen LogP contribution in [0, 0.1) is 5.92 Å². The van der Waals surface area contributed by atoms with Gasteiger partial charge in [0.1, 0.15) is 5.82 Å². The highest BCUT2D eigenvalue weighted by Crippen LogP contribution is 2.23. The van der Waals surface area contributed by atoms with Gasteiger partial charge in [-0.05, 0) is 30.9 Å². The number of hydrogen-bond donors (Lipinski definition) is 2. The van der Waals surface area contributed by atoms with Gasteiger partial charge in [-0.15, -0.1) is 0 Å². The maximum absolute atomic E-state index is 12.0. The number of nitrogens with zero attached hydrogens (tertiary/aromatic N) is 1. The van der Waals surface area contributed by atoms with Crippen molar-refractivity contribution in [1.29, 1.82) is 0 Å². The van der Waals surface area contributed by atoms with Crippen LogP contribution in [-0.4, -0.2) is 16.9 Å². The molecular weight excluding hydrogens is 214 g/mol. The van der Waals surface area contributed by atoms with Gasteiger partial charge in [-0.25, -0.2) is 4.98 Å². The van der Waals surface area contributed by atoms with Crippen molar-refractivity contribution in [2.24, 2.45) is 5.92 Å². The van der Waals surface area contributed by atoms with Crippen LogP contribution in [-0.2, 0) is 0 Å². The van der Waals surface area contributed by atoms with Crippen molar-refractivity contribution >= 4 is 11.7 Å². The summed E-state index contributed by atoms with van der Waals surface area (Å²) in [5.74, 6) is 0.892. The fourth-order valence-corrected chi connectivity index (χ4v) is 2.44. The fraction of sp³-hybridized carbons (Fsp3) is 0.538. The molecule has 1 saturated carbocycles. The van der Waals surface area contributed by atoms with E-state index in [-0.39, 0.29) is 11.9 Å². The van der Waals surface area contributed by atoms with Gasteiger partial charge >= 0.3 is 0 Å². The van der Waals surface area contributed by atoms with Gasteiger partial charge in [0.25, 0.3) is 5.91 Å². The van der Waals surface area contributed by atoms with Crippen molar-refractivity contribution in [2.45, 2.75) is 38.6 Å². The molecule has 1 aliphatic rings. The van der Waals surface area contributed by atoms with E-state index >= 15 is 0 Å². The lowest BCUT2D eigenvalue weighted by atomic mass is 9.87. The smallest absolute Gasteiger partial charge is 0.255 e. The topological polar surface area (TPSA) is 68.0 Å². The van der Waals surface area contributed by atoms with E-state index in [2.05, 4.69) is 17.2 Å². The lowest BCUT2D eigenvalue weighted by molar-refractivity contribution is 0.0922. The number of aromatic nitrogens is 1.